The molecule has 1 aliphatic heterocycles. The summed E-state index contributed by atoms with van der Waals surface area (Å²) in [6.45, 7) is 6.85. The lowest BCUT2D eigenvalue weighted by atomic mass is 9.84. The molecule has 0 aromatic heterocycles. The van der Waals surface area contributed by atoms with Gasteiger partial charge in [-0.05, 0) is 71.7 Å². The monoisotopic (exact) mass is 332 g/mol. The number of benzene rings is 2. The second-order valence-electron chi connectivity index (χ2n) is 7.15. The van der Waals surface area contributed by atoms with Gasteiger partial charge in [0.2, 0.25) is 0 Å². The number of carbonyl (C=O) groups is 1. The lowest BCUT2D eigenvalue weighted by molar-refractivity contribution is 0.0979. The van der Waals surface area contributed by atoms with E-state index < -0.39 is 0 Å². The lowest BCUT2D eigenvalue weighted by Crippen LogP contribution is -2.10. The highest BCUT2D eigenvalue weighted by Gasteiger charge is 2.23. The maximum Gasteiger partial charge on any atom is 0.162 e. The highest BCUT2D eigenvalue weighted by molar-refractivity contribution is 5.97. The van der Waals surface area contributed by atoms with E-state index in [2.05, 4.69) is 31.7 Å². The van der Waals surface area contributed by atoms with Crippen molar-refractivity contribution in [2.24, 2.45) is 0 Å². The van der Waals surface area contributed by atoms with E-state index in [1.807, 2.05) is 12.1 Å². The SMILES string of the molecule is C=C1CCCc2cc3c(cc21)OCc1cc(C(=O)CCCC)ccc1-3. The normalized spacial score (nSPS) is 15.0. The van der Waals surface area contributed by atoms with Crippen LogP contribution in [0.5, 0.6) is 5.75 Å². The third kappa shape index (κ3) is 2.90. The van der Waals surface area contributed by atoms with Crippen molar-refractivity contribution in [3.05, 3.63) is 59.2 Å². The summed E-state index contributed by atoms with van der Waals surface area (Å²) in [5.74, 6) is 1.18. The van der Waals surface area contributed by atoms with Crippen LogP contribution in [0, 0.1) is 0 Å². The lowest BCUT2D eigenvalue weighted by Gasteiger charge is -2.26. The van der Waals surface area contributed by atoms with Crippen molar-refractivity contribution < 1.29 is 9.53 Å². The highest BCUT2D eigenvalue weighted by Crippen LogP contribution is 2.43. The molecule has 0 atom stereocenters. The fourth-order valence-electron chi connectivity index (χ4n) is 3.90. The first-order chi connectivity index (χ1) is 12.2. The first kappa shape index (κ1) is 16.1. The van der Waals surface area contributed by atoms with Gasteiger partial charge in [-0.2, -0.15) is 0 Å². The van der Waals surface area contributed by atoms with Gasteiger partial charge in [0.15, 0.2) is 5.78 Å². The molecule has 25 heavy (non-hydrogen) atoms. The van der Waals surface area contributed by atoms with Crippen molar-refractivity contribution in [2.45, 2.75) is 52.1 Å². The Bertz CT molecular complexity index is 861. The van der Waals surface area contributed by atoms with Gasteiger partial charge in [0.25, 0.3) is 0 Å². The largest absolute Gasteiger partial charge is 0.488 e. The molecule has 0 amide bonds. The molecule has 2 aromatic rings. The van der Waals surface area contributed by atoms with Crippen LogP contribution in [-0.4, -0.2) is 5.78 Å². The molecule has 4 rings (SSSR count). The molecule has 2 aromatic carbocycles. The molecule has 0 bridgehead atoms. The van der Waals surface area contributed by atoms with E-state index in [1.54, 1.807) is 0 Å². The summed E-state index contributed by atoms with van der Waals surface area (Å²) in [4.78, 5) is 12.3. The summed E-state index contributed by atoms with van der Waals surface area (Å²) < 4.78 is 6.03. The number of ketones is 1. The first-order valence-electron chi connectivity index (χ1n) is 9.31. The topological polar surface area (TPSA) is 26.3 Å². The predicted octanol–water partition coefficient (Wildman–Crippen LogP) is 5.97. The van der Waals surface area contributed by atoms with Crippen LogP contribution >= 0.6 is 0 Å². The Morgan fingerprint density at radius 2 is 1.96 bits per heavy atom. The molecule has 1 aliphatic carbocycles. The van der Waals surface area contributed by atoms with Crippen LogP contribution in [0.25, 0.3) is 16.7 Å². The average Bonchev–Trinajstić information content (AvgIpc) is 2.64. The van der Waals surface area contributed by atoms with Gasteiger partial charge in [0.05, 0.1) is 0 Å². The summed E-state index contributed by atoms with van der Waals surface area (Å²) in [7, 11) is 0. The number of aryl methyl sites for hydroxylation is 1. The Morgan fingerprint density at radius 1 is 1.08 bits per heavy atom. The molecule has 0 N–H and O–H groups in total. The van der Waals surface area contributed by atoms with Gasteiger partial charge in [-0.25, -0.2) is 0 Å². The van der Waals surface area contributed by atoms with Crippen molar-refractivity contribution in [2.75, 3.05) is 0 Å². The fourth-order valence-corrected chi connectivity index (χ4v) is 3.90. The van der Waals surface area contributed by atoms with Crippen molar-refractivity contribution in [3.8, 4) is 16.9 Å². The average molecular weight is 332 g/mol. The predicted molar refractivity (Wildman–Crippen MR) is 102 cm³/mol. The van der Waals surface area contributed by atoms with E-state index in [0.717, 1.165) is 48.1 Å². The maximum absolute atomic E-state index is 12.3. The molecule has 2 aliphatic rings. The van der Waals surface area contributed by atoms with Crippen LogP contribution in [0.3, 0.4) is 0 Å². The van der Waals surface area contributed by atoms with E-state index in [9.17, 15) is 4.79 Å². The summed E-state index contributed by atoms with van der Waals surface area (Å²) in [6, 6.07) is 10.5. The van der Waals surface area contributed by atoms with Crippen LogP contribution in [0.2, 0.25) is 0 Å². The number of rotatable bonds is 4. The van der Waals surface area contributed by atoms with Crippen molar-refractivity contribution in [1.29, 1.82) is 0 Å². The molecule has 2 heteroatoms. The summed E-state index contributed by atoms with van der Waals surface area (Å²) in [5.41, 5.74) is 8.13. The molecule has 0 saturated carbocycles. The zero-order valence-electron chi connectivity index (χ0n) is 14.9. The van der Waals surface area contributed by atoms with Gasteiger partial charge in [0, 0.05) is 17.5 Å². The molecule has 2 nitrogen and oxygen atoms in total. The van der Waals surface area contributed by atoms with E-state index >= 15 is 0 Å². The minimum atomic E-state index is 0.234. The van der Waals surface area contributed by atoms with Gasteiger partial charge in [-0.15, -0.1) is 0 Å². The quantitative estimate of drug-likeness (QED) is 0.645. The second kappa shape index (κ2) is 6.51. The summed E-state index contributed by atoms with van der Waals surface area (Å²) >= 11 is 0. The molecule has 0 spiro atoms. The zero-order chi connectivity index (χ0) is 17.4. The number of fused-ring (bicyclic) bond motifs is 4. The Labute approximate surface area is 149 Å². The Morgan fingerprint density at radius 3 is 2.80 bits per heavy atom. The number of carbonyl (C=O) groups excluding carboxylic acids is 1. The number of allylic oxidation sites excluding steroid dienone is 1. The maximum atomic E-state index is 12.3. The third-order valence-electron chi connectivity index (χ3n) is 5.37. The standard InChI is InChI=1S/C23H24O2/c1-3-4-8-22(24)17-9-10-19-18(11-17)14-25-23-13-20-15(2)6-5-7-16(20)12-21(19)23/h9-13H,2-8,14H2,1H3. The number of hydrogen-bond acceptors (Lipinski definition) is 2. The van der Waals surface area contributed by atoms with E-state index in [1.165, 1.54) is 28.7 Å². The van der Waals surface area contributed by atoms with Crippen LogP contribution in [0.4, 0.5) is 0 Å². The molecular weight excluding hydrogens is 308 g/mol. The smallest absolute Gasteiger partial charge is 0.162 e. The second-order valence-corrected chi connectivity index (χ2v) is 7.15. The Balaban J connectivity index is 1.72. The summed E-state index contributed by atoms with van der Waals surface area (Å²) in [6.07, 6.45) is 5.97. The van der Waals surface area contributed by atoms with Crippen LogP contribution < -0.4 is 4.74 Å². The van der Waals surface area contributed by atoms with E-state index in [0.29, 0.717) is 13.0 Å². The Hall–Kier alpha value is -2.35. The highest BCUT2D eigenvalue weighted by atomic mass is 16.5. The van der Waals surface area contributed by atoms with Crippen LogP contribution in [0.15, 0.2) is 36.9 Å². The van der Waals surface area contributed by atoms with Crippen LogP contribution in [-0.2, 0) is 13.0 Å². The molecule has 0 saturated heterocycles. The van der Waals surface area contributed by atoms with Crippen LogP contribution in [0.1, 0.15) is 66.1 Å². The van der Waals surface area contributed by atoms with E-state index in [4.69, 9.17) is 4.74 Å². The number of ether oxygens (including phenoxy) is 1. The minimum absolute atomic E-state index is 0.234. The first-order valence-corrected chi connectivity index (χ1v) is 9.31. The van der Waals surface area contributed by atoms with Gasteiger partial charge in [0.1, 0.15) is 12.4 Å². The molecule has 0 fully saturated rings. The Kier molecular flexibility index (Phi) is 4.20. The van der Waals surface area contributed by atoms with Crippen molar-refractivity contribution in [1.82, 2.24) is 0 Å². The summed E-state index contributed by atoms with van der Waals surface area (Å²) in [5, 5.41) is 0. The van der Waals surface area contributed by atoms with Crippen molar-refractivity contribution in [3.63, 3.8) is 0 Å². The van der Waals surface area contributed by atoms with Gasteiger partial charge in [-0.3, -0.25) is 4.79 Å². The number of unbranched alkanes of at least 4 members (excludes halogenated alkanes) is 1. The minimum Gasteiger partial charge on any atom is -0.488 e. The van der Waals surface area contributed by atoms with E-state index in [-0.39, 0.29) is 5.78 Å². The third-order valence-corrected chi connectivity index (χ3v) is 5.37. The van der Waals surface area contributed by atoms with Gasteiger partial charge >= 0.3 is 0 Å². The fraction of sp³-hybridized carbons (Fsp3) is 0.348. The zero-order valence-corrected chi connectivity index (χ0v) is 14.9. The van der Waals surface area contributed by atoms with Gasteiger partial charge < -0.3 is 4.74 Å². The number of Topliss-reactive ketones (excluding diaryl/α,β-unsaturated/α-hetero) is 1. The van der Waals surface area contributed by atoms with Crippen molar-refractivity contribution >= 4 is 11.4 Å². The molecule has 1 heterocycles. The molecule has 0 radical (unpaired) electrons. The molecule has 0 unspecified atom stereocenters. The molecular formula is C23H24O2. The number of hydrogen-bond donors (Lipinski definition) is 0. The molecule has 128 valence electrons. The van der Waals surface area contributed by atoms with Gasteiger partial charge in [-0.1, -0.05) is 32.1 Å².